The van der Waals surface area contributed by atoms with Gasteiger partial charge in [0.2, 0.25) is 0 Å². The molecule has 2 aromatic carbocycles. The average Bonchev–Trinajstić information content (AvgIpc) is 2.43. The lowest BCUT2D eigenvalue weighted by atomic mass is 9.86. The van der Waals surface area contributed by atoms with Crippen molar-refractivity contribution in [1.29, 1.82) is 5.26 Å². The monoisotopic (exact) mass is 397 g/mol. The van der Waals surface area contributed by atoms with E-state index < -0.39 is 5.41 Å². The molecule has 0 aliphatic carbocycles. The van der Waals surface area contributed by atoms with Crippen molar-refractivity contribution in [1.82, 2.24) is 0 Å². The SMILES string of the molecule is CC(C)(C#N)c1ccccc1Br.Fc1ccccc1Br. The van der Waals surface area contributed by atoms with Crippen molar-refractivity contribution in [2.45, 2.75) is 19.3 Å². The van der Waals surface area contributed by atoms with E-state index in [1.54, 1.807) is 18.2 Å². The number of nitriles is 1. The number of hydrogen-bond donors (Lipinski definition) is 0. The average molecular weight is 399 g/mol. The molecular weight excluding hydrogens is 385 g/mol. The summed E-state index contributed by atoms with van der Waals surface area (Å²) in [5.74, 6) is -0.215. The molecule has 0 unspecified atom stereocenters. The van der Waals surface area contributed by atoms with Gasteiger partial charge in [-0.1, -0.05) is 46.3 Å². The van der Waals surface area contributed by atoms with Crippen LogP contribution in [0.1, 0.15) is 19.4 Å². The molecule has 4 heteroatoms. The Bertz CT molecular complexity index is 597. The lowest BCUT2D eigenvalue weighted by Crippen LogP contribution is -2.14. The first-order valence-electron chi connectivity index (χ1n) is 5.95. The van der Waals surface area contributed by atoms with Crippen molar-refractivity contribution in [2.75, 3.05) is 0 Å². The first-order valence-corrected chi connectivity index (χ1v) is 7.53. The maximum atomic E-state index is 12.3. The Kier molecular flexibility index (Phi) is 6.38. The van der Waals surface area contributed by atoms with E-state index in [1.807, 2.05) is 38.1 Å². The van der Waals surface area contributed by atoms with E-state index in [1.165, 1.54) is 6.07 Å². The van der Waals surface area contributed by atoms with Gasteiger partial charge in [0.25, 0.3) is 0 Å². The molecule has 0 fully saturated rings. The molecule has 0 saturated heterocycles. The number of nitrogens with zero attached hydrogens (tertiary/aromatic N) is 1. The Labute approximate surface area is 135 Å². The molecule has 0 aliphatic rings. The van der Waals surface area contributed by atoms with Crippen LogP contribution in [0.4, 0.5) is 4.39 Å². The van der Waals surface area contributed by atoms with E-state index in [0.717, 1.165) is 10.0 Å². The first kappa shape index (κ1) is 16.9. The van der Waals surface area contributed by atoms with E-state index in [9.17, 15) is 4.39 Å². The minimum absolute atomic E-state index is 0.215. The number of benzene rings is 2. The van der Waals surface area contributed by atoms with Crippen molar-refractivity contribution in [2.24, 2.45) is 0 Å². The van der Waals surface area contributed by atoms with Crippen molar-refractivity contribution in [3.63, 3.8) is 0 Å². The molecule has 2 rings (SSSR count). The molecule has 0 spiro atoms. The summed E-state index contributed by atoms with van der Waals surface area (Å²) >= 11 is 6.44. The molecule has 0 aromatic heterocycles. The van der Waals surface area contributed by atoms with Gasteiger partial charge in [-0.25, -0.2) is 4.39 Å². The summed E-state index contributed by atoms with van der Waals surface area (Å²) in [4.78, 5) is 0. The number of halogens is 3. The Hall–Kier alpha value is -1.18. The van der Waals surface area contributed by atoms with Crippen LogP contribution in [0.15, 0.2) is 57.5 Å². The van der Waals surface area contributed by atoms with Crippen LogP contribution in [0, 0.1) is 17.1 Å². The Morgan fingerprint density at radius 1 is 0.950 bits per heavy atom. The van der Waals surface area contributed by atoms with Crippen LogP contribution in [-0.2, 0) is 5.41 Å². The summed E-state index contributed by atoms with van der Waals surface area (Å²) in [6.07, 6.45) is 0. The smallest absolute Gasteiger partial charge is 0.137 e. The van der Waals surface area contributed by atoms with E-state index in [-0.39, 0.29) is 5.82 Å². The molecule has 0 aliphatic heterocycles. The van der Waals surface area contributed by atoms with Gasteiger partial charge >= 0.3 is 0 Å². The van der Waals surface area contributed by atoms with E-state index in [2.05, 4.69) is 37.9 Å². The fourth-order valence-electron chi connectivity index (χ4n) is 1.47. The van der Waals surface area contributed by atoms with Gasteiger partial charge < -0.3 is 0 Å². The topological polar surface area (TPSA) is 23.8 Å². The predicted octanol–water partition coefficient (Wildman–Crippen LogP) is 5.84. The Balaban J connectivity index is 0.000000217. The van der Waals surface area contributed by atoms with E-state index >= 15 is 0 Å². The molecule has 0 radical (unpaired) electrons. The van der Waals surface area contributed by atoms with Crippen LogP contribution in [0.3, 0.4) is 0 Å². The highest BCUT2D eigenvalue weighted by atomic mass is 79.9. The van der Waals surface area contributed by atoms with Gasteiger partial charge in [0.1, 0.15) is 5.82 Å². The highest BCUT2D eigenvalue weighted by Crippen LogP contribution is 2.28. The number of hydrogen-bond acceptors (Lipinski definition) is 1. The summed E-state index contributed by atoms with van der Waals surface area (Å²) in [7, 11) is 0. The molecule has 0 N–H and O–H groups in total. The van der Waals surface area contributed by atoms with Gasteiger partial charge in [0.05, 0.1) is 16.0 Å². The first-order chi connectivity index (χ1) is 9.38. The summed E-state index contributed by atoms with van der Waals surface area (Å²) in [6, 6.07) is 16.6. The van der Waals surface area contributed by atoms with Crippen LogP contribution in [0.25, 0.3) is 0 Å². The van der Waals surface area contributed by atoms with E-state index in [4.69, 9.17) is 5.26 Å². The fourth-order valence-corrected chi connectivity index (χ4v) is 2.53. The second-order valence-electron chi connectivity index (χ2n) is 4.63. The van der Waals surface area contributed by atoms with Gasteiger partial charge in [0.15, 0.2) is 0 Å². The molecule has 2 aromatic rings. The van der Waals surface area contributed by atoms with Crippen LogP contribution in [0.5, 0.6) is 0 Å². The lowest BCUT2D eigenvalue weighted by Gasteiger charge is -2.16. The second kappa shape index (κ2) is 7.56. The van der Waals surface area contributed by atoms with Crippen molar-refractivity contribution in [3.8, 4) is 6.07 Å². The molecule has 1 nitrogen and oxygen atoms in total. The second-order valence-corrected chi connectivity index (χ2v) is 6.34. The van der Waals surface area contributed by atoms with Crippen LogP contribution >= 0.6 is 31.9 Å². The summed E-state index contributed by atoms with van der Waals surface area (Å²) in [5.41, 5.74) is 0.618. The maximum Gasteiger partial charge on any atom is 0.137 e. The third kappa shape index (κ3) is 4.73. The van der Waals surface area contributed by atoms with Crippen LogP contribution < -0.4 is 0 Å². The summed E-state index contributed by atoms with van der Waals surface area (Å²) < 4.78 is 13.8. The van der Waals surface area contributed by atoms with Gasteiger partial charge in [0, 0.05) is 4.47 Å². The van der Waals surface area contributed by atoms with Gasteiger partial charge in [-0.15, -0.1) is 0 Å². The molecule has 0 amide bonds. The standard InChI is InChI=1S/C10H10BrN.C6H4BrF/c1-10(2,7-12)8-5-3-4-6-9(8)11;7-5-3-1-2-4-6(5)8/h3-6H,1-2H3;1-4H. The Morgan fingerprint density at radius 3 is 1.85 bits per heavy atom. The van der Waals surface area contributed by atoms with Crippen molar-refractivity contribution >= 4 is 31.9 Å². The molecule has 0 heterocycles. The molecule has 0 bridgehead atoms. The van der Waals surface area contributed by atoms with Crippen LogP contribution in [-0.4, -0.2) is 0 Å². The molecule has 20 heavy (non-hydrogen) atoms. The highest BCUT2D eigenvalue weighted by molar-refractivity contribution is 9.10. The highest BCUT2D eigenvalue weighted by Gasteiger charge is 2.21. The normalized spacial score (nSPS) is 10.2. The Morgan fingerprint density at radius 2 is 1.45 bits per heavy atom. The third-order valence-electron chi connectivity index (χ3n) is 2.65. The minimum Gasteiger partial charge on any atom is -0.206 e. The molecular formula is C16H14Br2FN. The zero-order valence-corrected chi connectivity index (χ0v) is 14.4. The molecule has 104 valence electrons. The van der Waals surface area contributed by atoms with Gasteiger partial charge in [-0.3, -0.25) is 0 Å². The van der Waals surface area contributed by atoms with Crippen molar-refractivity contribution < 1.29 is 4.39 Å². The van der Waals surface area contributed by atoms with Gasteiger partial charge in [-0.2, -0.15) is 5.26 Å². The summed E-state index contributed by atoms with van der Waals surface area (Å²) in [5, 5.41) is 8.90. The summed E-state index contributed by atoms with van der Waals surface area (Å²) in [6.45, 7) is 3.82. The van der Waals surface area contributed by atoms with E-state index in [0.29, 0.717) is 4.47 Å². The quantitative estimate of drug-likeness (QED) is 0.591. The van der Waals surface area contributed by atoms with Gasteiger partial charge in [-0.05, 0) is 53.5 Å². The van der Waals surface area contributed by atoms with Crippen molar-refractivity contribution in [3.05, 3.63) is 68.9 Å². The largest absolute Gasteiger partial charge is 0.206 e. The maximum absolute atomic E-state index is 12.3. The molecule has 0 atom stereocenters. The molecule has 0 saturated carbocycles. The zero-order valence-electron chi connectivity index (χ0n) is 11.2. The fraction of sp³-hybridized carbons (Fsp3) is 0.188. The third-order valence-corrected chi connectivity index (χ3v) is 3.99. The zero-order chi connectivity index (χ0) is 15.2. The van der Waals surface area contributed by atoms with Crippen LogP contribution in [0.2, 0.25) is 0 Å². The number of rotatable bonds is 1. The lowest BCUT2D eigenvalue weighted by molar-refractivity contribution is 0.621. The minimum atomic E-state index is -0.417. The predicted molar refractivity (Wildman–Crippen MR) is 86.9 cm³/mol.